The van der Waals surface area contributed by atoms with Gasteiger partial charge in [0.15, 0.2) is 0 Å². The molecular weight excluding hydrogens is 214 g/mol. The quantitative estimate of drug-likeness (QED) is 0.795. The van der Waals surface area contributed by atoms with Crippen molar-refractivity contribution in [1.82, 2.24) is 25.5 Å². The second kappa shape index (κ2) is 4.65. The summed E-state index contributed by atoms with van der Waals surface area (Å²) in [4.78, 5) is 12.5. The molecule has 15 heavy (non-hydrogen) atoms. The number of thiophene rings is 1. The number of hydrogen-bond acceptors (Lipinski definition) is 5. The van der Waals surface area contributed by atoms with Crippen LogP contribution < -0.4 is 5.32 Å². The third-order valence-electron chi connectivity index (χ3n) is 1.74. The van der Waals surface area contributed by atoms with Crippen LogP contribution in [0.4, 0.5) is 0 Å². The van der Waals surface area contributed by atoms with E-state index in [0.717, 1.165) is 4.88 Å². The number of tetrazole rings is 1. The van der Waals surface area contributed by atoms with E-state index in [1.165, 1.54) is 11.0 Å². The molecule has 2 aromatic rings. The molecule has 78 valence electrons. The first-order valence-electron chi connectivity index (χ1n) is 4.34. The van der Waals surface area contributed by atoms with Crippen LogP contribution in [0.5, 0.6) is 0 Å². The van der Waals surface area contributed by atoms with Gasteiger partial charge >= 0.3 is 0 Å². The first-order valence-corrected chi connectivity index (χ1v) is 5.22. The molecule has 0 bridgehead atoms. The van der Waals surface area contributed by atoms with Gasteiger partial charge in [0, 0.05) is 4.88 Å². The highest BCUT2D eigenvalue weighted by Gasteiger charge is 2.03. The largest absolute Gasteiger partial charge is 0.350 e. The average Bonchev–Trinajstić information content (AvgIpc) is 2.86. The lowest BCUT2D eigenvalue weighted by Crippen LogP contribution is -2.27. The number of nitrogens with zero attached hydrogens (tertiary/aromatic N) is 4. The SMILES string of the molecule is O=C(Cn1cnnn1)NCc1cccs1. The molecule has 6 nitrogen and oxygen atoms in total. The summed E-state index contributed by atoms with van der Waals surface area (Å²) in [7, 11) is 0. The van der Waals surface area contributed by atoms with Gasteiger partial charge in [0.25, 0.3) is 0 Å². The minimum absolute atomic E-state index is 0.101. The van der Waals surface area contributed by atoms with Gasteiger partial charge in [0.2, 0.25) is 5.91 Å². The third-order valence-corrected chi connectivity index (χ3v) is 2.61. The van der Waals surface area contributed by atoms with Crippen molar-refractivity contribution in [2.45, 2.75) is 13.1 Å². The Morgan fingerprint density at radius 2 is 2.53 bits per heavy atom. The number of hydrogen-bond donors (Lipinski definition) is 1. The Labute approximate surface area is 89.9 Å². The first kappa shape index (κ1) is 9.78. The van der Waals surface area contributed by atoms with E-state index in [-0.39, 0.29) is 12.5 Å². The molecule has 0 fully saturated rings. The Morgan fingerprint density at radius 3 is 3.20 bits per heavy atom. The van der Waals surface area contributed by atoms with Crippen molar-refractivity contribution in [1.29, 1.82) is 0 Å². The highest BCUT2D eigenvalue weighted by molar-refractivity contribution is 7.09. The van der Waals surface area contributed by atoms with E-state index in [0.29, 0.717) is 6.54 Å². The lowest BCUT2D eigenvalue weighted by Gasteiger charge is -2.02. The van der Waals surface area contributed by atoms with Crippen molar-refractivity contribution in [3.8, 4) is 0 Å². The normalized spacial score (nSPS) is 10.1. The molecular formula is C8H9N5OS. The summed E-state index contributed by atoms with van der Waals surface area (Å²) in [6, 6.07) is 3.93. The molecule has 0 spiro atoms. The van der Waals surface area contributed by atoms with Crippen LogP contribution in [0, 0.1) is 0 Å². The highest BCUT2D eigenvalue weighted by Crippen LogP contribution is 2.07. The van der Waals surface area contributed by atoms with E-state index < -0.39 is 0 Å². The smallest absolute Gasteiger partial charge is 0.242 e. The molecule has 0 saturated carbocycles. The summed E-state index contributed by atoms with van der Waals surface area (Å²) in [6.45, 7) is 0.705. The molecule has 0 aliphatic heterocycles. The van der Waals surface area contributed by atoms with Gasteiger partial charge in [-0.2, -0.15) is 0 Å². The van der Waals surface area contributed by atoms with Gasteiger partial charge in [0.05, 0.1) is 6.54 Å². The van der Waals surface area contributed by atoms with Gasteiger partial charge in [0.1, 0.15) is 12.9 Å². The summed E-state index contributed by atoms with van der Waals surface area (Å²) in [6.07, 6.45) is 1.41. The molecule has 0 unspecified atom stereocenters. The Balaban J connectivity index is 1.78. The number of amides is 1. The van der Waals surface area contributed by atoms with Crippen molar-refractivity contribution < 1.29 is 4.79 Å². The van der Waals surface area contributed by atoms with E-state index in [1.54, 1.807) is 11.3 Å². The zero-order valence-corrected chi connectivity index (χ0v) is 8.65. The van der Waals surface area contributed by atoms with Gasteiger partial charge in [-0.15, -0.1) is 16.4 Å². The molecule has 0 aromatic carbocycles. The van der Waals surface area contributed by atoms with Gasteiger partial charge in [-0.05, 0) is 21.9 Å². The van der Waals surface area contributed by atoms with Crippen LogP contribution in [0.15, 0.2) is 23.8 Å². The van der Waals surface area contributed by atoms with Gasteiger partial charge in [-0.3, -0.25) is 4.79 Å². The summed E-state index contributed by atoms with van der Waals surface area (Å²) >= 11 is 1.61. The second-order valence-electron chi connectivity index (χ2n) is 2.86. The fourth-order valence-corrected chi connectivity index (χ4v) is 1.70. The molecule has 7 heteroatoms. The third kappa shape index (κ3) is 2.84. The Hall–Kier alpha value is -1.76. The number of nitrogens with one attached hydrogen (secondary N) is 1. The number of carbonyl (C=O) groups excluding carboxylic acids is 1. The predicted molar refractivity (Wildman–Crippen MR) is 54.0 cm³/mol. The maximum Gasteiger partial charge on any atom is 0.242 e. The van der Waals surface area contributed by atoms with Crippen LogP contribution in [0.1, 0.15) is 4.88 Å². The number of aromatic nitrogens is 4. The summed E-state index contributed by atoms with van der Waals surface area (Å²) in [5, 5.41) is 15.2. The predicted octanol–water partition coefficient (Wildman–Crippen LogP) is 0.0510. The van der Waals surface area contributed by atoms with Crippen LogP contribution in [-0.2, 0) is 17.9 Å². The Bertz CT molecular complexity index is 410. The molecule has 0 atom stereocenters. The molecule has 1 amide bonds. The van der Waals surface area contributed by atoms with Crippen LogP contribution in [0.3, 0.4) is 0 Å². The van der Waals surface area contributed by atoms with Crippen molar-refractivity contribution in [2.24, 2.45) is 0 Å². The van der Waals surface area contributed by atoms with Gasteiger partial charge in [-0.25, -0.2) is 4.68 Å². The molecule has 0 aliphatic rings. The van der Waals surface area contributed by atoms with E-state index in [4.69, 9.17) is 0 Å². The van der Waals surface area contributed by atoms with Gasteiger partial charge in [-0.1, -0.05) is 6.07 Å². The number of carbonyl (C=O) groups is 1. The second-order valence-corrected chi connectivity index (χ2v) is 3.90. The lowest BCUT2D eigenvalue weighted by atomic mass is 10.4. The maximum absolute atomic E-state index is 11.4. The minimum Gasteiger partial charge on any atom is -0.350 e. The molecule has 0 aliphatic carbocycles. The van der Waals surface area contributed by atoms with Crippen molar-refractivity contribution in [3.05, 3.63) is 28.7 Å². The van der Waals surface area contributed by atoms with Crippen molar-refractivity contribution in [2.75, 3.05) is 0 Å². The van der Waals surface area contributed by atoms with Crippen LogP contribution in [0.25, 0.3) is 0 Å². The van der Waals surface area contributed by atoms with Crippen molar-refractivity contribution >= 4 is 17.2 Å². The lowest BCUT2D eigenvalue weighted by molar-refractivity contribution is -0.122. The fourth-order valence-electron chi connectivity index (χ4n) is 1.05. The first-order chi connectivity index (χ1) is 7.34. The molecule has 0 saturated heterocycles. The van der Waals surface area contributed by atoms with E-state index in [9.17, 15) is 4.79 Å². The zero-order chi connectivity index (χ0) is 10.5. The van der Waals surface area contributed by atoms with Crippen LogP contribution in [-0.4, -0.2) is 26.1 Å². The molecule has 1 N–H and O–H groups in total. The number of rotatable bonds is 4. The molecule has 2 heterocycles. The Morgan fingerprint density at radius 1 is 1.60 bits per heavy atom. The zero-order valence-electron chi connectivity index (χ0n) is 7.83. The van der Waals surface area contributed by atoms with E-state index in [2.05, 4.69) is 20.8 Å². The van der Waals surface area contributed by atoms with Crippen LogP contribution in [0.2, 0.25) is 0 Å². The van der Waals surface area contributed by atoms with Crippen molar-refractivity contribution in [3.63, 3.8) is 0 Å². The van der Waals surface area contributed by atoms with Gasteiger partial charge < -0.3 is 5.32 Å². The molecule has 2 rings (SSSR count). The van der Waals surface area contributed by atoms with E-state index in [1.807, 2.05) is 17.5 Å². The van der Waals surface area contributed by atoms with E-state index >= 15 is 0 Å². The average molecular weight is 223 g/mol. The molecule has 2 aromatic heterocycles. The monoisotopic (exact) mass is 223 g/mol. The standard InChI is InChI=1S/C8H9N5OS/c14-8(5-13-6-10-11-12-13)9-4-7-2-1-3-15-7/h1-3,6H,4-5H2,(H,9,14). The Kier molecular flexibility index (Phi) is 3.03. The maximum atomic E-state index is 11.4. The summed E-state index contributed by atoms with van der Waals surface area (Å²) in [5.41, 5.74) is 0. The topological polar surface area (TPSA) is 72.7 Å². The highest BCUT2D eigenvalue weighted by atomic mass is 32.1. The molecule has 0 radical (unpaired) electrons. The summed E-state index contributed by atoms with van der Waals surface area (Å²) < 4.78 is 1.38. The fraction of sp³-hybridized carbons (Fsp3) is 0.250. The summed E-state index contributed by atoms with van der Waals surface area (Å²) in [5.74, 6) is -0.101. The van der Waals surface area contributed by atoms with Crippen LogP contribution >= 0.6 is 11.3 Å². The minimum atomic E-state index is -0.101.